The van der Waals surface area contributed by atoms with Crippen molar-refractivity contribution in [1.82, 2.24) is 9.91 Å². The first kappa shape index (κ1) is 12.5. The Bertz CT molecular complexity index is 418. The fourth-order valence-electron chi connectivity index (χ4n) is 1.83. The Kier molecular flexibility index (Phi) is 3.76. The molecular weight excluding hydrogens is 261 g/mol. The zero-order valence-electron chi connectivity index (χ0n) is 9.20. The molecule has 4 nitrogen and oxygen atoms in total. The van der Waals surface area contributed by atoms with Crippen LogP contribution in [-0.4, -0.2) is 29.0 Å². The fraction of sp³-hybridized carbons (Fsp3) is 0.364. The molecule has 0 bridgehead atoms. The Hall–Kier alpha value is -0.970. The highest BCUT2D eigenvalue weighted by molar-refractivity contribution is 6.36. The number of hydrogen-bond donors (Lipinski definition) is 1. The number of hydrogen-bond acceptors (Lipinski definition) is 2. The summed E-state index contributed by atoms with van der Waals surface area (Å²) < 4.78 is 0. The van der Waals surface area contributed by atoms with E-state index in [0.29, 0.717) is 29.7 Å². The van der Waals surface area contributed by atoms with Gasteiger partial charge < -0.3 is 4.90 Å². The predicted octanol–water partition coefficient (Wildman–Crippen LogP) is 2.49. The number of benzene rings is 1. The summed E-state index contributed by atoms with van der Waals surface area (Å²) in [5, 5.41) is 2.35. The van der Waals surface area contributed by atoms with Crippen LogP contribution in [-0.2, 0) is 6.54 Å². The Balaban J connectivity index is 2.18. The lowest BCUT2D eigenvalue weighted by molar-refractivity contribution is 0.127. The number of halogens is 2. The molecule has 0 saturated carbocycles. The van der Waals surface area contributed by atoms with Crippen LogP contribution in [0.4, 0.5) is 4.79 Å². The summed E-state index contributed by atoms with van der Waals surface area (Å²) in [7, 11) is 0. The van der Waals surface area contributed by atoms with Crippen LogP contribution < -0.4 is 5.84 Å². The molecule has 17 heavy (non-hydrogen) atoms. The van der Waals surface area contributed by atoms with E-state index in [-0.39, 0.29) is 6.03 Å². The largest absolute Gasteiger partial charge is 0.334 e. The zero-order chi connectivity index (χ0) is 12.4. The second kappa shape index (κ2) is 5.12. The molecule has 2 rings (SSSR count). The van der Waals surface area contributed by atoms with Gasteiger partial charge in [0.1, 0.15) is 0 Å². The number of nitrogens with two attached hydrogens (primary N) is 1. The minimum Gasteiger partial charge on any atom is -0.319 e. The van der Waals surface area contributed by atoms with Crippen LogP contribution >= 0.6 is 23.2 Å². The number of hydrazine groups is 1. The van der Waals surface area contributed by atoms with Gasteiger partial charge in [0.15, 0.2) is 0 Å². The monoisotopic (exact) mass is 273 g/mol. The minimum atomic E-state index is -0.188. The van der Waals surface area contributed by atoms with E-state index in [1.807, 2.05) is 0 Å². The Morgan fingerprint density at radius 3 is 2.53 bits per heavy atom. The van der Waals surface area contributed by atoms with Gasteiger partial charge in [0, 0.05) is 28.7 Å². The summed E-state index contributed by atoms with van der Waals surface area (Å²) in [4.78, 5) is 13.4. The van der Waals surface area contributed by atoms with Crippen LogP contribution in [0.25, 0.3) is 0 Å². The highest BCUT2D eigenvalue weighted by atomic mass is 35.5. The van der Waals surface area contributed by atoms with Gasteiger partial charge in [-0.2, -0.15) is 0 Å². The number of urea groups is 1. The molecule has 2 amide bonds. The summed E-state index contributed by atoms with van der Waals surface area (Å²) >= 11 is 12.1. The minimum absolute atomic E-state index is 0.188. The molecule has 1 saturated heterocycles. The van der Waals surface area contributed by atoms with Gasteiger partial charge in [-0.1, -0.05) is 29.3 Å². The molecule has 0 aromatic heterocycles. The number of carbonyl (C=O) groups excluding carboxylic acids is 1. The lowest BCUT2D eigenvalue weighted by atomic mass is 10.2. The van der Waals surface area contributed by atoms with Crippen molar-refractivity contribution in [3.05, 3.63) is 33.8 Å². The summed E-state index contributed by atoms with van der Waals surface area (Å²) in [6, 6.07) is 5.11. The topological polar surface area (TPSA) is 49.6 Å². The Labute approximate surface area is 110 Å². The second-order valence-corrected chi connectivity index (χ2v) is 4.77. The van der Waals surface area contributed by atoms with Gasteiger partial charge >= 0.3 is 6.03 Å². The summed E-state index contributed by atoms with van der Waals surface area (Å²) in [5.74, 6) is 5.57. The van der Waals surface area contributed by atoms with Crippen LogP contribution in [0.2, 0.25) is 10.0 Å². The third-order valence-electron chi connectivity index (χ3n) is 2.75. The molecule has 1 aromatic carbocycles. The van der Waals surface area contributed by atoms with Gasteiger partial charge in [0.2, 0.25) is 0 Å². The first-order valence-electron chi connectivity index (χ1n) is 5.33. The highest BCUT2D eigenvalue weighted by Gasteiger charge is 2.24. The number of nitrogens with zero attached hydrogens (tertiary/aromatic N) is 2. The lowest BCUT2D eigenvalue weighted by Gasteiger charge is -2.33. The predicted molar refractivity (Wildman–Crippen MR) is 67.8 cm³/mol. The average molecular weight is 274 g/mol. The number of carbonyl (C=O) groups is 1. The Morgan fingerprint density at radius 1 is 1.24 bits per heavy atom. The zero-order valence-corrected chi connectivity index (χ0v) is 10.7. The average Bonchev–Trinajstić information content (AvgIpc) is 2.29. The molecular formula is C11H13Cl2N3O. The van der Waals surface area contributed by atoms with Gasteiger partial charge in [-0.3, -0.25) is 5.01 Å². The molecule has 0 spiro atoms. The Morgan fingerprint density at radius 2 is 1.88 bits per heavy atom. The molecule has 0 unspecified atom stereocenters. The number of rotatable bonds is 2. The summed E-state index contributed by atoms with van der Waals surface area (Å²) in [5.41, 5.74) is 0.763. The van der Waals surface area contributed by atoms with Crippen molar-refractivity contribution in [2.45, 2.75) is 13.0 Å². The van der Waals surface area contributed by atoms with Gasteiger partial charge in [0.05, 0.1) is 6.54 Å². The molecule has 1 aromatic rings. The van der Waals surface area contributed by atoms with Crippen molar-refractivity contribution in [1.29, 1.82) is 0 Å². The van der Waals surface area contributed by atoms with Crippen molar-refractivity contribution in [3.63, 3.8) is 0 Å². The smallest absolute Gasteiger partial charge is 0.319 e. The lowest BCUT2D eigenvalue weighted by Crippen LogP contribution is -2.52. The van der Waals surface area contributed by atoms with Crippen molar-refractivity contribution < 1.29 is 4.79 Å². The third-order valence-corrected chi connectivity index (χ3v) is 3.46. The van der Waals surface area contributed by atoms with Gasteiger partial charge in [0.25, 0.3) is 0 Å². The van der Waals surface area contributed by atoms with Crippen LogP contribution in [0.15, 0.2) is 18.2 Å². The van der Waals surface area contributed by atoms with E-state index in [0.717, 1.165) is 12.0 Å². The highest BCUT2D eigenvalue weighted by Crippen LogP contribution is 2.26. The van der Waals surface area contributed by atoms with E-state index in [2.05, 4.69) is 0 Å². The van der Waals surface area contributed by atoms with Gasteiger partial charge in [-0.15, -0.1) is 0 Å². The first-order valence-corrected chi connectivity index (χ1v) is 6.09. The van der Waals surface area contributed by atoms with Crippen LogP contribution in [0, 0.1) is 0 Å². The maximum Gasteiger partial charge on any atom is 0.334 e. The second-order valence-electron chi connectivity index (χ2n) is 3.95. The van der Waals surface area contributed by atoms with Crippen molar-refractivity contribution in [2.24, 2.45) is 5.84 Å². The molecule has 2 N–H and O–H groups in total. The standard InChI is InChI=1S/C11H13Cl2N3O/c12-9-3-1-4-10(13)8(9)7-15-5-2-6-16(14)11(15)17/h1,3-4H,2,5-7,14H2. The first-order chi connectivity index (χ1) is 8.09. The van der Waals surface area contributed by atoms with E-state index < -0.39 is 0 Å². The molecule has 1 aliphatic heterocycles. The third kappa shape index (κ3) is 2.65. The molecule has 1 fully saturated rings. The normalized spacial score (nSPS) is 16.5. The molecule has 1 heterocycles. The van der Waals surface area contributed by atoms with Crippen molar-refractivity contribution >= 4 is 29.2 Å². The van der Waals surface area contributed by atoms with Crippen LogP contribution in [0.1, 0.15) is 12.0 Å². The van der Waals surface area contributed by atoms with Crippen LogP contribution in [0.3, 0.4) is 0 Å². The summed E-state index contributed by atoms with van der Waals surface area (Å²) in [6.07, 6.45) is 0.851. The molecule has 6 heteroatoms. The quantitative estimate of drug-likeness (QED) is 0.665. The van der Waals surface area contributed by atoms with Gasteiger partial charge in [-0.25, -0.2) is 10.6 Å². The maximum atomic E-state index is 11.8. The summed E-state index contributed by atoms with van der Waals surface area (Å²) in [6.45, 7) is 1.66. The molecule has 0 aliphatic carbocycles. The van der Waals surface area contributed by atoms with E-state index in [1.165, 1.54) is 5.01 Å². The van der Waals surface area contributed by atoms with Crippen molar-refractivity contribution in [3.8, 4) is 0 Å². The molecule has 0 radical (unpaired) electrons. The fourth-order valence-corrected chi connectivity index (χ4v) is 2.34. The van der Waals surface area contributed by atoms with Crippen molar-refractivity contribution in [2.75, 3.05) is 13.1 Å². The van der Waals surface area contributed by atoms with E-state index >= 15 is 0 Å². The maximum absolute atomic E-state index is 11.8. The molecule has 1 aliphatic rings. The number of amides is 2. The molecule has 0 atom stereocenters. The molecule has 92 valence electrons. The van der Waals surface area contributed by atoms with E-state index in [9.17, 15) is 4.79 Å². The van der Waals surface area contributed by atoms with Crippen LogP contribution in [0.5, 0.6) is 0 Å². The van der Waals surface area contributed by atoms with Gasteiger partial charge in [-0.05, 0) is 18.6 Å². The van der Waals surface area contributed by atoms with E-state index in [1.54, 1.807) is 23.1 Å². The SMILES string of the molecule is NN1CCCN(Cc2c(Cl)cccc2Cl)C1=O. The van der Waals surface area contributed by atoms with E-state index in [4.69, 9.17) is 29.0 Å².